The Balaban J connectivity index is 2.74. The lowest BCUT2D eigenvalue weighted by Gasteiger charge is -2.17. The highest BCUT2D eigenvalue weighted by Gasteiger charge is 2.13. The smallest absolute Gasteiger partial charge is 0.0786 e. The molecule has 0 fully saturated rings. The molecule has 0 saturated heterocycles. The second kappa shape index (κ2) is 6.48. The van der Waals surface area contributed by atoms with Crippen LogP contribution in [0.5, 0.6) is 0 Å². The fourth-order valence-corrected chi connectivity index (χ4v) is 1.54. The molecule has 1 heterocycles. The third kappa shape index (κ3) is 3.57. The van der Waals surface area contributed by atoms with Gasteiger partial charge in [0.15, 0.2) is 0 Å². The lowest BCUT2D eigenvalue weighted by atomic mass is 10.1. The fourth-order valence-electron chi connectivity index (χ4n) is 1.54. The first-order valence-corrected chi connectivity index (χ1v) is 5.41. The van der Waals surface area contributed by atoms with Crippen LogP contribution in [0.2, 0.25) is 0 Å². The van der Waals surface area contributed by atoms with E-state index in [1.165, 1.54) is 0 Å². The predicted octanol–water partition coefficient (Wildman–Crippen LogP) is 1.21. The van der Waals surface area contributed by atoms with Crippen molar-refractivity contribution in [2.75, 3.05) is 13.2 Å². The first-order chi connectivity index (χ1) is 7.29. The molecule has 0 radical (unpaired) electrons. The van der Waals surface area contributed by atoms with Crippen molar-refractivity contribution in [1.29, 1.82) is 0 Å². The van der Waals surface area contributed by atoms with Crippen LogP contribution in [-0.4, -0.2) is 28.2 Å². The summed E-state index contributed by atoms with van der Waals surface area (Å²) < 4.78 is 0. The summed E-state index contributed by atoms with van der Waals surface area (Å²) in [6.07, 6.45) is 5.13. The van der Waals surface area contributed by atoms with Crippen LogP contribution in [-0.2, 0) is 0 Å². The average molecular weight is 209 g/mol. The van der Waals surface area contributed by atoms with Gasteiger partial charge in [0, 0.05) is 19.0 Å². The summed E-state index contributed by atoms with van der Waals surface area (Å²) in [5, 5.41) is 12.4. The minimum Gasteiger partial charge on any atom is -0.396 e. The van der Waals surface area contributed by atoms with Crippen LogP contribution in [0.3, 0.4) is 0 Å². The molecule has 0 aliphatic rings. The molecule has 1 rings (SSSR count). The minimum atomic E-state index is 0.114. The first kappa shape index (κ1) is 12.1. The molecule has 0 aliphatic heterocycles. The van der Waals surface area contributed by atoms with Gasteiger partial charge in [-0.25, -0.2) is 0 Å². The van der Waals surface area contributed by atoms with Crippen molar-refractivity contribution < 1.29 is 5.11 Å². The van der Waals surface area contributed by atoms with E-state index in [0.29, 0.717) is 6.42 Å². The van der Waals surface area contributed by atoms with Gasteiger partial charge in [-0.15, -0.1) is 0 Å². The summed E-state index contributed by atoms with van der Waals surface area (Å²) >= 11 is 0. The molecule has 0 saturated carbocycles. The summed E-state index contributed by atoms with van der Waals surface area (Å²) in [4.78, 5) is 8.52. The Morgan fingerprint density at radius 1 is 1.40 bits per heavy atom. The van der Waals surface area contributed by atoms with E-state index in [1.54, 1.807) is 12.4 Å². The zero-order valence-electron chi connectivity index (χ0n) is 9.40. The van der Waals surface area contributed by atoms with Crippen LogP contribution < -0.4 is 5.32 Å². The topological polar surface area (TPSA) is 58.0 Å². The molecule has 0 aromatic carbocycles. The third-order valence-corrected chi connectivity index (χ3v) is 2.31. The van der Waals surface area contributed by atoms with E-state index in [0.717, 1.165) is 24.4 Å². The monoisotopic (exact) mass is 209 g/mol. The van der Waals surface area contributed by atoms with Crippen molar-refractivity contribution in [1.82, 2.24) is 15.3 Å². The Kier molecular flexibility index (Phi) is 5.21. The molecular weight excluding hydrogens is 190 g/mol. The second-order valence-corrected chi connectivity index (χ2v) is 3.55. The molecule has 1 unspecified atom stereocenters. The quantitative estimate of drug-likeness (QED) is 0.739. The van der Waals surface area contributed by atoms with Crippen molar-refractivity contribution in [2.24, 2.45) is 0 Å². The lowest BCUT2D eigenvalue weighted by Crippen LogP contribution is -2.25. The summed E-state index contributed by atoms with van der Waals surface area (Å²) in [5.74, 6) is 0. The molecule has 4 nitrogen and oxygen atoms in total. The number of hydrogen-bond acceptors (Lipinski definition) is 4. The van der Waals surface area contributed by atoms with Crippen LogP contribution >= 0.6 is 0 Å². The number of aryl methyl sites for hydroxylation is 1. The number of rotatable bonds is 6. The van der Waals surface area contributed by atoms with Gasteiger partial charge in [-0.1, -0.05) is 6.92 Å². The highest BCUT2D eigenvalue weighted by Crippen LogP contribution is 2.15. The van der Waals surface area contributed by atoms with E-state index in [9.17, 15) is 0 Å². The van der Waals surface area contributed by atoms with Crippen molar-refractivity contribution in [3.63, 3.8) is 0 Å². The van der Waals surface area contributed by atoms with Gasteiger partial charge < -0.3 is 10.4 Å². The Labute approximate surface area is 90.8 Å². The number of hydrogen-bond donors (Lipinski definition) is 2. The Bertz CT molecular complexity index is 291. The maximum atomic E-state index is 9.00. The van der Waals surface area contributed by atoms with Gasteiger partial charge in [-0.3, -0.25) is 9.97 Å². The van der Waals surface area contributed by atoms with E-state index < -0.39 is 0 Å². The lowest BCUT2D eigenvalue weighted by molar-refractivity contribution is 0.264. The zero-order chi connectivity index (χ0) is 11.1. The van der Waals surface area contributed by atoms with E-state index in [2.05, 4.69) is 22.2 Å². The zero-order valence-corrected chi connectivity index (χ0v) is 9.40. The maximum absolute atomic E-state index is 9.00. The predicted molar refractivity (Wildman–Crippen MR) is 59.5 cm³/mol. The Morgan fingerprint density at radius 2 is 2.13 bits per heavy atom. The van der Waals surface area contributed by atoms with Crippen molar-refractivity contribution in [2.45, 2.75) is 32.7 Å². The molecule has 0 spiro atoms. The van der Waals surface area contributed by atoms with Gasteiger partial charge >= 0.3 is 0 Å². The minimum absolute atomic E-state index is 0.114. The van der Waals surface area contributed by atoms with E-state index in [1.807, 2.05) is 6.92 Å². The van der Waals surface area contributed by atoms with Gasteiger partial charge in [0.25, 0.3) is 0 Å². The maximum Gasteiger partial charge on any atom is 0.0786 e. The van der Waals surface area contributed by atoms with Crippen molar-refractivity contribution >= 4 is 0 Å². The standard InChI is InChI=1S/C11H19N3O/c1-3-5-13-10(4-8-15)11-9(2)12-6-7-14-11/h6-7,10,13,15H,3-5,8H2,1-2H3. The molecule has 2 N–H and O–H groups in total. The second-order valence-electron chi connectivity index (χ2n) is 3.55. The number of nitrogens with zero attached hydrogens (tertiary/aromatic N) is 2. The van der Waals surface area contributed by atoms with Crippen LogP contribution in [0.1, 0.15) is 37.2 Å². The Hall–Kier alpha value is -1.00. The number of nitrogens with one attached hydrogen (secondary N) is 1. The molecular formula is C11H19N3O. The highest BCUT2D eigenvalue weighted by molar-refractivity contribution is 5.13. The molecule has 84 valence electrons. The summed E-state index contributed by atoms with van der Waals surface area (Å²) in [5.41, 5.74) is 1.87. The number of aromatic nitrogens is 2. The molecule has 1 aromatic heterocycles. The van der Waals surface area contributed by atoms with E-state index >= 15 is 0 Å². The van der Waals surface area contributed by atoms with Crippen LogP contribution in [0, 0.1) is 6.92 Å². The van der Waals surface area contributed by atoms with Gasteiger partial charge in [0.1, 0.15) is 0 Å². The van der Waals surface area contributed by atoms with Gasteiger partial charge in [0.2, 0.25) is 0 Å². The van der Waals surface area contributed by atoms with Gasteiger partial charge in [-0.05, 0) is 26.3 Å². The SMILES string of the molecule is CCCNC(CCO)c1nccnc1C. The molecule has 15 heavy (non-hydrogen) atoms. The van der Waals surface area contributed by atoms with Crippen LogP contribution in [0.15, 0.2) is 12.4 Å². The molecule has 0 bridgehead atoms. The van der Waals surface area contributed by atoms with Crippen LogP contribution in [0.4, 0.5) is 0 Å². The van der Waals surface area contributed by atoms with Crippen molar-refractivity contribution in [3.8, 4) is 0 Å². The molecule has 0 amide bonds. The normalized spacial score (nSPS) is 12.7. The number of aliphatic hydroxyl groups is 1. The van der Waals surface area contributed by atoms with E-state index in [-0.39, 0.29) is 12.6 Å². The molecule has 0 aliphatic carbocycles. The summed E-state index contributed by atoms with van der Waals surface area (Å²) in [6.45, 7) is 5.16. The molecule has 4 heteroatoms. The van der Waals surface area contributed by atoms with Crippen LogP contribution in [0.25, 0.3) is 0 Å². The summed E-state index contributed by atoms with van der Waals surface area (Å²) in [7, 11) is 0. The first-order valence-electron chi connectivity index (χ1n) is 5.41. The third-order valence-electron chi connectivity index (χ3n) is 2.31. The highest BCUT2D eigenvalue weighted by atomic mass is 16.3. The largest absolute Gasteiger partial charge is 0.396 e. The van der Waals surface area contributed by atoms with Gasteiger partial charge in [0.05, 0.1) is 17.4 Å². The number of aliphatic hydroxyl groups excluding tert-OH is 1. The Morgan fingerprint density at radius 3 is 2.73 bits per heavy atom. The molecule has 1 aromatic rings. The molecule has 1 atom stereocenters. The van der Waals surface area contributed by atoms with Gasteiger partial charge in [-0.2, -0.15) is 0 Å². The summed E-state index contributed by atoms with van der Waals surface area (Å²) in [6, 6.07) is 0.114. The van der Waals surface area contributed by atoms with Crippen molar-refractivity contribution in [3.05, 3.63) is 23.8 Å². The van der Waals surface area contributed by atoms with E-state index in [4.69, 9.17) is 5.11 Å². The average Bonchev–Trinajstić information content (AvgIpc) is 2.25. The fraction of sp³-hybridized carbons (Fsp3) is 0.636.